The summed E-state index contributed by atoms with van der Waals surface area (Å²) in [6, 6.07) is 24.9. The molecule has 0 aliphatic rings. The molecule has 0 aliphatic heterocycles. The first-order valence-corrected chi connectivity index (χ1v) is 8.64. The highest BCUT2D eigenvalue weighted by Crippen LogP contribution is 2.27. The molecule has 26 heavy (non-hydrogen) atoms. The Morgan fingerprint density at radius 1 is 0.577 bits per heavy atom. The van der Waals surface area contributed by atoms with E-state index in [0.717, 1.165) is 16.7 Å². The van der Waals surface area contributed by atoms with Crippen LogP contribution in [0.15, 0.2) is 79.1 Å². The highest BCUT2D eigenvalue weighted by atomic mass is 15.0. The van der Waals surface area contributed by atoms with Crippen molar-refractivity contribution in [3.8, 4) is 33.9 Å². The van der Waals surface area contributed by atoms with E-state index in [1.165, 1.54) is 16.7 Å². The molecule has 126 valence electrons. The molecule has 3 nitrogen and oxygen atoms in total. The van der Waals surface area contributed by atoms with Gasteiger partial charge in [-0.1, -0.05) is 66.7 Å². The van der Waals surface area contributed by atoms with E-state index < -0.39 is 0 Å². The van der Waals surface area contributed by atoms with Crippen LogP contribution in [0.2, 0.25) is 0 Å². The predicted molar refractivity (Wildman–Crippen MR) is 106 cm³/mol. The molecule has 3 aromatic carbocycles. The number of hydrogen-bond acceptors (Lipinski definition) is 3. The van der Waals surface area contributed by atoms with Crippen molar-refractivity contribution in [1.82, 2.24) is 15.0 Å². The number of rotatable bonds is 3. The van der Waals surface area contributed by atoms with Gasteiger partial charge in [-0.2, -0.15) is 0 Å². The quantitative estimate of drug-likeness (QED) is 0.496. The van der Waals surface area contributed by atoms with Gasteiger partial charge in [-0.25, -0.2) is 15.0 Å². The zero-order chi connectivity index (χ0) is 17.9. The van der Waals surface area contributed by atoms with Crippen LogP contribution in [0.1, 0.15) is 11.1 Å². The summed E-state index contributed by atoms with van der Waals surface area (Å²) in [7, 11) is 0. The van der Waals surface area contributed by atoms with E-state index in [9.17, 15) is 0 Å². The van der Waals surface area contributed by atoms with Gasteiger partial charge >= 0.3 is 0 Å². The summed E-state index contributed by atoms with van der Waals surface area (Å²) in [5.74, 6) is 1.39. The summed E-state index contributed by atoms with van der Waals surface area (Å²) in [5.41, 5.74) is 6.81. The molecule has 0 atom stereocenters. The van der Waals surface area contributed by atoms with Crippen molar-refractivity contribution in [2.75, 3.05) is 0 Å². The summed E-state index contributed by atoms with van der Waals surface area (Å²) < 4.78 is 0. The molecule has 0 amide bonds. The zero-order valence-corrected chi connectivity index (χ0v) is 14.8. The zero-order valence-electron chi connectivity index (χ0n) is 14.8. The van der Waals surface area contributed by atoms with Crippen molar-refractivity contribution in [2.45, 2.75) is 13.8 Å². The number of benzene rings is 3. The van der Waals surface area contributed by atoms with Crippen LogP contribution < -0.4 is 0 Å². The summed E-state index contributed by atoms with van der Waals surface area (Å²) in [6.45, 7) is 4.19. The number of nitrogens with zero attached hydrogens (tertiary/aromatic N) is 3. The van der Waals surface area contributed by atoms with Crippen LogP contribution in [0.5, 0.6) is 0 Å². The van der Waals surface area contributed by atoms with Gasteiger partial charge in [0.25, 0.3) is 0 Å². The highest BCUT2D eigenvalue weighted by Gasteiger charge is 2.09. The van der Waals surface area contributed by atoms with Crippen molar-refractivity contribution in [3.05, 3.63) is 90.3 Å². The molecule has 0 spiro atoms. The molecule has 1 heterocycles. The van der Waals surface area contributed by atoms with Crippen LogP contribution in [0, 0.1) is 13.8 Å². The Balaban J connectivity index is 1.78. The first-order chi connectivity index (χ1) is 12.7. The summed E-state index contributed by atoms with van der Waals surface area (Å²) >= 11 is 0. The lowest BCUT2D eigenvalue weighted by Crippen LogP contribution is -1.96. The first kappa shape index (κ1) is 16.2. The van der Waals surface area contributed by atoms with Crippen LogP contribution in [0.25, 0.3) is 33.9 Å². The fraction of sp³-hybridized carbons (Fsp3) is 0.0870. The predicted octanol–water partition coefficient (Wildman–Crippen LogP) is 5.49. The third-order valence-corrected chi connectivity index (χ3v) is 4.53. The van der Waals surface area contributed by atoms with E-state index >= 15 is 0 Å². The van der Waals surface area contributed by atoms with Crippen molar-refractivity contribution < 1.29 is 0 Å². The minimum Gasteiger partial charge on any atom is -0.217 e. The van der Waals surface area contributed by atoms with Crippen LogP contribution in [0.3, 0.4) is 0 Å². The molecular formula is C23H19N3. The van der Waals surface area contributed by atoms with Gasteiger partial charge in [0.05, 0.1) is 0 Å². The molecular weight excluding hydrogens is 318 g/mol. The maximum atomic E-state index is 4.71. The lowest BCUT2D eigenvalue weighted by atomic mass is 9.99. The van der Waals surface area contributed by atoms with E-state index in [1.807, 2.05) is 30.3 Å². The molecule has 0 saturated carbocycles. The Hall–Kier alpha value is -3.33. The molecule has 0 radical (unpaired) electrons. The monoisotopic (exact) mass is 337 g/mol. The van der Waals surface area contributed by atoms with Crippen LogP contribution in [-0.2, 0) is 0 Å². The number of aromatic nitrogens is 3. The molecule has 0 aliphatic carbocycles. The van der Waals surface area contributed by atoms with E-state index in [-0.39, 0.29) is 0 Å². The molecule has 0 saturated heterocycles. The van der Waals surface area contributed by atoms with E-state index in [1.54, 1.807) is 6.33 Å². The second kappa shape index (κ2) is 6.89. The first-order valence-electron chi connectivity index (χ1n) is 8.64. The van der Waals surface area contributed by atoms with Crippen molar-refractivity contribution in [1.29, 1.82) is 0 Å². The molecule has 0 unspecified atom stereocenters. The second-order valence-corrected chi connectivity index (χ2v) is 6.34. The van der Waals surface area contributed by atoms with Gasteiger partial charge in [0.15, 0.2) is 11.6 Å². The maximum absolute atomic E-state index is 4.71. The summed E-state index contributed by atoms with van der Waals surface area (Å²) in [4.78, 5) is 13.5. The molecule has 4 aromatic rings. The van der Waals surface area contributed by atoms with Gasteiger partial charge in [-0.3, -0.25) is 0 Å². The molecule has 0 N–H and O–H groups in total. The number of hydrogen-bond donors (Lipinski definition) is 0. The Morgan fingerprint density at radius 2 is 1.19 bits per heavy atom. The van der Waals surface area contributed by atoms with Crippen molar-refractivity contribution in [3.63, 3.8) is 0 Å². The van der Waals surface area contributed by atoms with E-state index in [0.29, 0.717) is 11.6 Å². The Kier molecular flexibility index (Phi) is 4.28. The summed E-state index contributed by atoms with van der Waals surface area (Å²) in [6.07, 6.45) is 1.59. The topological polar surface area (TPSA) is 38.7 Å². The molecule has 0 fully saturated rings. The van der Waals surface area contributed by atoms with Gasteiger partial charge < -0.3 is 0 Å². The van der Waals surface area contributed by atoms with Crippen LogP contribution >= 0.6 is 0 Å². The number of aryl methyl sites for hydroxylation is 2. The van der Waals surface area contributed by atoms with Crippen molar-refractivity contribution in [2.24, 2.45) is 0 Å². The maximum Gasteiger partial charge on any atom is 0.163 e. The SMILES string of the molecule is Cc1ccccc1-c1cccc(-c2ncnc(-c3ccccc3C)n2)c1. The lowest BCUT2D eigenvalue weighted by Gasteiger charge is -2.09. The van der Waals surface area contributed by atoms with Crippen LogP contribution in [0.4, 0.5) is 0 Å². The Bertz CT molecular complexity index is 983. The van der Waals surface area contributed by atoms with Crippen molar-refractivity contribution >= 4 is 0 Å². The van der Waals surface area contributed by atoms with Gasteiger partial charge in [0.1, 0.15) is 6.33 Å². The van der Waals surface area contributed by atoms with Crippen LogP contribution in [-0.4, -0.2) is 15.0 Å². The van der Waals surface area contributed by atoms with Gasteiger partial charge in [-0.05, 0) is 42.2 Å². The largest absolute Gasteiger partial charge is 0.217 e. The second-order valence-electron chi connectivity index (χ2n) is 6.34. The lowest BCUT2D eigenvalue weighted by molar-refractivity contribution is 1.06. The molecule has 0 bridgehead atoms. The normalized spacial score (nSPS) is 10.7. The summed E-state index contributed by atoms with van der Waals surface area (Å²) in [5, 5.41) is 0. The Labute approximate surface area is 153 Å². The highest BCUT2D eigenvalue weighted by molar-refractivity contribution is 5.73. The van der Waals surface area contributed by atoms with E-state index in [2.05, 4.69) is 66.3 Å². The van der Waals surface area contributed by atoms with Gasteiger partial charge in [-0.15, -0.1) is 0 Å². The molecule has 3 heteroatoms. The third-order valence-electron chi connectivity index (χ3n) is 4.53. The molecule has 1 aromatic heterocycles. The Morgan fingerprint density at radius 3 is 1.92 bits per heavy atom. The van der Waals surface area contributed by atoms with E-state index in [4.69, 9.17) is 4.98 Å². The standard InChI is InChI=1S/C23H19N3/c1-16-8-3-5-12-20(16)18-10-7-11-19(14-18)22-24-15-25-23(26-22)21-13-6-4-9-17(21)2/h3-15H,1-2H3. The average molecular weight is 337 g/mol. The smallest absolute Gasteiger partial charge is 0.163 e. The minimum atomic E-state index is 0.689. The van der Waals surface area contributed by atoms with Gasteiger partial charge in [0.2, 0.25) is 0 Å². The third kappa shape index (κ3) is 3.11. The fourth-order valence-electron chi connectivity index (χ4n) is 3.11. The fourth-order valence-corrected chi connectivity index (χ4v) is 3.11. The molecule has 4 rings (SSSR count). The average Bonchev–Trinajstić information content (AvgIpc) is 2.69. The minimum absolute atomic E-state index is 0.689. The van der Waals surface area contributed by atoms with Gasteiger partial charge in [0, 0.05) is 11.1 Å².